The van der Waals surface area contributed by atoms with Gasteiger partial charge in [-0.3, -0.25) is 4.79 Å². The average Bonchev–Trinajstić information content (AvgIpc) is 3.14. The summed E-state index contributed by atoms with van der Waals surface area (Å²) in [5.41, 5.74) is 3.84. The summed E-state index contributed by atoms with van der Waals surface area (Å²) in [5, 5.41) is 12.6. The van der Waals surface area contributed by atoms with Gasteiger partial charge in [0, 0.05) is 46.0 Å². The van der Waals surface area contributed by atoms with Crippen LogP contribution < -0.4 is 4.74 Å². The molecule has 4 aromatic rings. The lowest BCUT2D eigenvalue weighted by atomic mass is 10.1. The Morgan fingerprint density at radius 3 is 2.77 bits per heavy atom. The minimum atomic E-state index is -0.0885. The van der Waals surface area contributed by atoms with Crippen molar-refractivity contribution in [2.24, 2.45) is 0 Å². The molecule has 1 heterocycles. The number of H-pyrrole nitrogens is 1. The Hall–Kier alpha value is -3.44. The summed E-state index contributed by atoms with van der Waals surface area (Å²) in [6.07, 6.45) is 3.27. The molecule has 1 aromatic heterocycles. The molecule has 0 fully saturated rings. The molecule has 6 heteroatoms. The number of ether oxygens (including phenoxy) is 1. The quantitative estimate of drug-likeness (QED) is 0.380. The number of hydrogen-bond donors (Lipinski definition) is 2. The van der Waals surface area contributed by atoms with Crippen LogP contribution in [0.25, 0.3) is 27.9 Å². The Labute approximate surface area is 185 Å². The summed E-state index contributed by atoms with van der Waals surface area (Å²) in [5.74, 6) is 0.344. The van der Waals surface area contributed by atoms with Gasteiger partial charge in [-0.05, 0) is 54.5 Å². The number of phenols is 1. The largest absolute Gasteiger partial charge is 0.504 e. The molecule has 4 rings (SSSR count). The predicted octanol–water partition coefficient (Wildman–Crippen LogP) is 5.75. The van der Waals surface area contributed by atoms with Gasteiger partial charge in [-0.15, -0.1) is 0 Å². The molecule has 0 radical (unpaired) electrons. The van der Waals surface area contributed by atoms with Gasteiger partial charge in [-0.1, -0.05) is 35.9 Å². The molecular weight excluding hydrogens is 412 g/mol. The number of aromatic amines is 1. The molecule has 0 aliphatic heterocycles. The first-order valence-corrected chi connectivity index (χ1v) is 10.4. The smallest absolute Gasteiger partial charge is 0.246 e. The molecule has 0 saturated heterocycles. The number of halogens is 1. The van der Waals surface area contributed by atoms with Crippen molar-refractivity contribution in [1.29, 1.82) is 0 Å². The summed E-state index contributed by atoms with van der Waals surface area (Å²) in [6, 6.07) is 16.8. The fourth-order valence-corrected chi connectivity index (χ4v) is 3.93. The van der Waals surface area contributed by atoms with Crippen LogP contribution in [0.15, 0.2) is 60.7 Å². The molecule has 3 aromatic carbocycles. The molecular formula is C25H23ClN2O3. The van der Waals surface area contributed by atoms with Crippen molar-refractivity contribution >= 4 is 45.4 Å². The third kappa shape index (κ3) is 4.23. The molecule has 0 saturated carbocycles. The Kier molecular flexibility index (Phi) is 5.87. The van der Waals surface area contributed by atoms with Crippen LogP contribution in [-0.4, -0.2) is 34.6 Å². The number of aromatic nitrogens is 1. The molecule has 0 spiro atoms. The summed E-state index contributed by atoms with van der Waals surface area (Å²) in [7, 11) is 1.49. The van der Waals surface area contributed by atoms with E-state index in [1.807, 2.05) is 37.3 Å². The maximum Gasteiger partial charge on any atom is 0.246 e. The van der Waals surface area contributed by atoms with Gasteiger partial charge < -0.3 is 19.7 Å². The minimum absolute atomic E-state index is 0.0641. The first-order valence-electron chi connectivity index (χ1n) is 10.0. The molecule has 31 heavy (non-hydrogen) atoms. The molecule has 1 amide bonds. The van der Waals surface area contributed by atoms with Gasteiger partial charge in [-0.25, -0.2) is 0 Å². The van der Waals surface area contributed by atoms with Crippen molar-refractivity contribution in [3.63, 3.8) is 0 Å². The molecule has 158 valence electrons. The molecule has 0 aliphatic carbocycles. The average molecular weight is 435 g/mol. The number of rotatable bonds is 6. The zero-order valence-corrected chi connectivity index (χ0v) is 18.1. The van der Waals surface area contributed by atoms with Crippen LogP contribution in [0.3, 0.4) is 0 Å². The molecule has 0 aliphatic rings. The second-order valence-electron chi connectivity index (χ2n) is 7.27. The van der Waals surface area contributed by atoms with Gasteiger partial charge in [0.2, 0.25) is 5.91 Å². The van der Waals surface area contributed by atoms with E-state index in [2.05, 4.69) is 11.1 Å². The number of nitrogens with one attached hydrogen (secondary N) is 1. The lowest BCUT2D eigenvalue weighted by Gasteiger charge is -2.20. The van der Waals surface area contributed by atoms with Gasteiger partial charge in [-0.2, -0.15) is 0 Å². The third-order valence-corrected chi connectivity index (χ3v) is 5.58. The first-order chi connectivity index (χ1) is 15.0. The third-order valence-electron chi connectivity index (χ3n) is 5.35. The maximum atomic E-state index is 12.9. The Balaban J connectivity index is 1.61. The van der Waals surface area contributed by atoms with Gasteiger partial charge in [0.1, 0.15) is 0 Å². The number of benzene rings is 3. The number of nitrogens with zero attached hydrogens (tertiary/aromatic N) is 1. The first kappa shape index (κ1) is 20.8. The van der Waals surface area contributed by atoms with Gasteiger partial charge >= 0.3 is 0 Å². The predicted molar refractivity (Wildman–Crippen MR) is 126 cm³/mol. The number of phenolic OH excluding ortho intramolecular Hbond substituents is 1. The number of carbonyl (C=O) groups is 1. The summed E-state index contributed by atoms with van der Waals surface area (Å²) in [6.45, 7) is 3.03. The van der Waals surface area contributed by atoms with E-state index in [1.54, 1.807) is 35.3 Å². The topological polar surface area (TPSA) is 65.6 Å². The lowest BCUT2D eigenvalue weighted by Crippen LogP contribution is -2.28. The van der Waals surface area contributed by atoms with Crippen molar-refractivity contribution in [3.8, 4) is 11.5 Å². The molecule has 0 atom stereocenters. The van der Waals surface area contributed by atoms with Gasteiger partial charge in [0.15, 0.2) is 11.5 Å². The second kappa shape index (κ2) is 8.74. The summed E-state index contributed by atoms with van der Waals surface area (Å²) >= 11 is 6.15. The maximum absolute atomic E-state index is 12.9. The molecule has 5 nitrogen and oxygen atoms in total. The second-order valence-corrected chi connectivity index (χ2v) is 7.71. The Bertz CT molecular complexity index is 1290. The number of likely N-dealkylation sites (N-methyl/N-ethyl adjacent to an activating group) is 1. The Morgan fingerprint density at radius 1 is 1.16 bits per heavy atom. The van der Waals surface area contributed by atoms with Crippen LogP contribution in [-0.2, 0) is 11.3 Å². The highest BCUT2D eigenvalue weighted by molar-refractivity contribution is 6.31. The Morgan fingerprint density at radius 2 is 2.00 bits per heavy atom. The monoisotopic (exact) mass is 434 g/mol. The van der Waals surface area contributed by atoms with Crippen LogP contribution in [0.5, 0.6) is 11.5 Å². The van der Waals surface area contributed by atoms with Gasteiger partial charge in [0.05, 0.1) is 7.11 Å². The van der Waals surface area contributed by atoms with Crippen LogP contribution in [0.4, 0.5) is 0 Å². The van der Waals surface area contributed by atoms with E-state index in [1.165, 1.54) is 7.11 Å². The van der Waals surface area contributed by atoms with Gasteiger partial charge in [0.25, 0.3) is 0 Å². The molecule has 2 N–H and O–H groups in total. The zero-order chi connectivity index (χ0) is 22.0. The van der Waals surface area contributed by atoms with E-state index in [0.717, 1.165) is 32.9 Å². The van der Waals surface area contributed by atoms with Crippen LogP contribution in [0, 0.1) is 0 Å². The summed E-state index contributed by atoms with van der Waals surface area (Å²) < 4.78 is 5.13. The SMILES string of the molecule is CCN(Cc1cccc2[nH]c3cc(Cl)ccc3c12)C(=O)/C=C/c1ccc(O)c(OC)c1. The van der Waals surface area contributed by atoms with E-state index >= 15 is 0 Å². The summed E-state index contributed by atoms with van der Waals surface area (Å²) in [4.78, 5) is 18.1. The van der Waals surface area contributed by atoms with Crippen molar-refractivity contribution in [3.05, 3.63) is 76.8 Å². The number of hydrogen-bond acceptors (Lipinski definition) is 3. The van der Waals surface area contributed by atoms with Crippen molar-refractivity contribution in [2.45, 2.75) is 13.5 Å². The van der Waals surface area contributed by atoms with E-state index in [-0.39, 0.29) is 11.7 Å². The number of aromatic hydroxyl groups is 1. The van der Waals surface area contributed by atoms with Crippen molar-refractivity contribution in [2.75, 3.05) is 13.7 Å². The normalized spacial score (nSPS) is 11.5. The molecule has 0 unspecified atom stereocenters. The minimum Gasteiger partial charge on any atom is -0.504 e. The number of methoxy groups -OCH3 is 1. The standard InChI is InChI=1S/C25H23ClN2O3/c1-3-28(24(30)12-8-16-7-11-22(29)23(13-16)31-2)15-17-5-4-6-20-25(17)19-10-9-18(26)14-21(19)27-20/h4-14,27,29H,3,15H2,1-2H3/b12-8+. The van der Waals surface area contributed by atoms with Crippen molar-refractivity contribution < 1.29 is 14.6 Å². The highest BCUT2D eigenvalue weighted by atomic mass is 35.5. The fourth-order valence-electron chi connectivity index (χ4n) is 3.76. The highest BCUT2D eigenvalue weighted by Crippen LogP contribution is 2.31. The zero-order valence-electron chi connectivity index (χ0n) is 17.4. The lowest BCUT2D eigenvalue weighted by molar-refractivity contribution is -0.126. The van der Waals surface area contributed by atoms with Crippen molar-refractivity contribution in [1.82, 2.24) is 9.88 Å². The van der Waals surface area contributed by atoms with Crippen LogP contribution >= 0.6 is 11.6 Å². The number of carbonyl (C=O) groups excluding carboxylic acids is 1. The number of fused-ring (bicyclic) bond motifs is 3. The van der Waals surface area contributed by atoms with E-state index in [9.17, 15) is 9.90 Å². The van der Waals surface area contributed by atoms with E-state index in [4.69, 9.17) is 16.3 Å². The van der Waals surface area contributed by atoms with Crippen LogP contribution in [0.1, 0.15) is 18.1 Å². The highest BCUT2D eigenvalue weighted by Gasteiger charge is 2.14. The van der Waals surface area contributed by atoms with Crippen LogP contribution in [0.2, 0.25) is 5.02 Å². The van der Waals surface area contributed by atoms with E-state index in [0.29, 0.717) is 23.9 Å². The van der Waals surface area contributed by atoms with E-state index < -0.39 is 0 Å². The number of amides is 1. The fraction of sp³-hybridized carbons (Fsp3) is 0.160. The molecule has 0 bridgehead atoms.